The second kappa shape index (κ2) is 20.8. The molecule has 0 aliphatic heterocycles. The van der Waals surface area contributed by atoms with Gasteiger partial charge < -0.3 is 18.9 Å². The van der Waals surface area contributed by atoms with Crippen molar-refractivity contribution in [1.29, 1.82) is 0 Å². The van der Waals surface area contributed by atoms with E-state index in [0.29, 0.717) is 47.9 Å². The van der Waals surface area contributed by atoms with E-state index >= 15 is 8.78 Å². The Hall–Kier alpha value is -6.14. The Labute approximate surface area is 443 Å². The Morgan fingerprint density at radius 3 is 1.36 bits per heavy atom. The lowest BCUT2D eigenvalue weighted by Gasteiger charge is -2.20. The molecule has 0 amide bonds. The minimum absolute atomic E-state index is 0.0306. The van der Waals surface area contributed by atoms with Crippen LogP contribution in [0.4, 0.5) is 12.7 Å². The molecule has 0 N–H and O–H groups in total. The average Bonchev–Trinajstić information content (AvgIpc) is 4.14. The standard InChI is InChI=1S/2C31H32FNO3.CH3FS/c2*1-5-35-30(34)29-22-10-18-12-27(33-15-24(18)28(22)29)36-16-19-11-21-23(20-9-7-6-8-17(20)2)14-31(3,4)25(21)13-26(19)32;1-3-2/h2*6-9,11-13,15,22-23,28-29H,5,10,14,16H2,1-4H3;1H3/t2*22-,23?,28-,29+;/m11./s1. The molecule has 0 saturated heterocycles. The maximum Gasteiger partial charge on any atom is 0.309 e. The van der Waals surface area contributed by atoms with Crippen molar-refractivity contribution in [3.63, 3.8) is 0 Å². The van der Waals surface area contributed by atoms with Crippen molar-refractivity contribution in [2.75, 3.05) is 19.5 Å². The molecule has 2 saturated carbocycles. The van der Waals surface area contributed by atoms with E-state index in [0.717, 1.165) is 47.9 Å². The van der Waals surface area contributed by atoms with Crippen LogP contribution >= 0.6 is 12.1 Å². The van der Waals surface area contributed by atoms with Crippen molar-refractivity contribution >= 4 is 24.1 Å². The molecule has 0 bridgehead atoms. The van der Waals surface area contributed by atoms with Gasteiger partial charge in [0.25, 0.3) is 0 Å². The highest BCUT2D eigenvalue weighted by atomic mass is 32.2. The number of fused-ring (bicyclic) bond motifs is 8. The number of aryl methyl sites for hydroxylation is 2. The maximum atomic E-state index is 15.2. The fourth-order valence-corrected chi connectivity index (χ4v) is 13.3. The molecular formula is C63H67F3N2O6S. The van der Waals surface area contributed by atoms with Crippen LogP contribution in [0.3, 0.4) is 0 Å². The Kier molecular flexibility index (Phi) is 14.5. The van der Waals surface area contributed by atoms with Crippen molar-refractivity contribution in [3.05, 3.63) is 187 Å². The van der Waals surface area contributed by atoms with E-state index in [1.807, 2.05) is 50.5 Å². The van der Waals surface area contributed by atoms with Gasteiger partial charge in [0.2, 0.25) is 11.8 Å². The highest BCUT2D eigenvalue weighted by Gasteiger charge is 2.61. The van der Waals surface area contributed by atoms with E-state index in [1.165, 1.54) is 50.8 Å². The molecule has 6 aliphatic rings. The van der Waals surface area contributed by atoms with Gasteiger partial charge in [-0.2, -0.15) is 3.89 Å². The summed E-state index contributed by atoms with van der Waals surface area (Å²) in [5.74, 6) is 1.83. The summed E-state index contributed by atoms with van der Waals surface area (Å²) in [4.78, 5) is 33.2. The van der Waals surface area contributed by atoms with E-state index in [-0.39, 0.29) is 95.3 Å². The number of pyridine rings is 2. The van der Waals surface area contributed by atoms with Gasteiger partial charge in [-0.15, -0.1) is 0 Å². The molecule has 8 nitrogen and oxygen atoms in total. The number of rotatable bonds is 12. The Balaban J connectivity index is 0.000000163. The summed E-state index contributed by atoms with van der Waals surface area (Å²) in [7, 11) is 0. The Morgan fingerprint density at radius 1 is 0.600 bits per heavy atom. The Bertz CT molecular complexity index is 2970. The van der Waals surface area contributed by atoms with Crippen LogP contribution in [0, 0.1) is 49.2 Å². The van der Waals surface area contributed by atoms with Crippen molar-refractivity contribution in [2.24, 2.45) is 23.7 Å². The summed E-state index contributed by atoms with van der Waals surface area (Å²) in [5, 5.41) is 0. The van der Waals surface area contributed by atoms with Crippen molar-refractivity contribution in [3.8, 4) is 11.8 Å². The summed E-state index contributed by atoms with van der Waals surface area (Å²) in [6.45, 7) is 17.8. The van der Waals surface area contributed by atoms with Crippen molar-refractivity contribution < 1.29 is 41.2 Å². The monoisotopic (exact) mass is 1040 g/mol. The average molecular weight is 1040 g/mol. The van der Waals surface area contributed by atoms with Crippen LogP contribution in [-0.2, 0) is 55.9 Å². The third kappa shape index (κ3) is 9.97. The second-order valence-corrected chi connectivity index (χ2v) is 22.9. The molecule has 8 atom stereocenters. The van der Waals surface area contributed by atoms with Gasteiger partial charge in [0.1, 0.15) is 24.8 Å². The van der Waals surface area contributed by atoms with Gasteiger partial charge in [0, 0.05) is 77.7 Å². The zero-order valence-electron chi connectivity index (χ0n) is 44.4. The van der Waals surface area contributed by atoms with Gasteiger partial charge in [-0.3, -0.25) is 9.59 Å². The van der Waals surface area contributed by atoms with Crippen LogP contribution in [0.1, 0.15) is 156 Å². The fraction of sp³-hybridized carbons (Fsp3) is 0.429. The highest BCUT2D eigenvalue weighted by Crippen LogP contribution is 2.63. The molecule has 0 spiro atoms. The van der Waals surface area contributed by atoms with Crippen LogP contribution in [-0.4, -0.2) is 41.4 Å². The molecule has 392 valence electrons. The zero-order valence-corrected chi connectivity index (χ0v) is 45.2. The van der Waals surface area contributed by atoms with Crippen LogP contribution in [0.25, 0.3) is 0 Å². The minimum atomic E-state index is -0.230. The van der Waals surface area contributed by atoms with Crippen LogP contribution < -0.4 is 9.47 Å². The predicted octanol–water partition coefficient (Wildman–Crippen LogP) is 14.0. The predicted molar refractivity (Wildman–Crippen MR) is 286 cm³/mol. The number of carbonyl (C=O) groups excluding carboxylic acids is 2. The van der Waals surface area contributed by atoms with Crippen LogP contribution in [0.5, 0.6) is 11.8 Å². The molecule has 2 fully saturated rings. The zero-order chi connectivity index (χ0) is 53.1. The number of halogens is 3. The van der Waals surface area contributed by atoms with Gasteiger partial charge >= 0.3 is 11.9 Å². The number of benzene rings is 4. The molecule has 2 heterocycles. The molecule has 2 aromatic heterocycles. The van der Waals surface area contributed by atoms with Gasteiger partial charge in [-0.05, 0) is 167 Å². The lowest BCUT2D eigenvalue weighted by Crippen LogP contribution is -2.13. The van der Waals surface area contributed by atoms with Gasteiger partial charge in [0.05, 0.1) is 25.0 Å². The van der Waals surface area contributed by atoms with Gasteiger partial charge in [-0.25, -0.2) is 18.7 Å². The number of carbonyl (C=O) groups is 2. The van der Waals surface area contributed by atoms with E-state index in [4.69, 9.17) is 18.9 Å². The summed E-state index contributed by atoms with van der Waals surface area (Å²) < 4.78 is 63.0. The number of hydrogen-bond acceptors (Lipinski definition) is 9. The first-order valence-electron chi connectivity index (χ1n) is 26.5. The maximum absolute atomic E-state index is 15.2. The van der Waals surface area contributed by atoms with Crippen molar-refractivity contribution in [1.82, 2.24) is 9.97 Å². The van der Waals surface area contributed by atoms with E-state index in [1.54, 1.807) is 12.1 Å². The number of nitrogens with zero attached hydrogens (tertiary/aromatic N) is 2. The Morgan fingerprint density at radius 2 is 0.987 bits per heavy atom. The first-order valence-corrected chi connectivity index (χ1v) is 27.6. The number of aromatic nitrogens is 2. The number of ether oxygens (including phenoxy) is 4. The summed E-state index contributed by atoms with van der Waals surface area (Å²) in [6.07, 6.45) is 8.61. The third-order valence-electron chi connectivity index (χ3n) is 17.0. The van der Waals surface area contributed by atoms with E-state index < -0.39 is 0 Å². The topological polar surface area (TPSA) is 96.8 Å². The molecule has 75 heavy (non-hydrogen) atoms. The fourth-order valence-electron chi connectivity index (χ4n) is 13.3. The summed E-state index contributed by atoms with van der Waals surface area (Å²) in [6, 6.07) is 28.3. The molecule has 4 aromatic carbocycles. The SMILES string of the molecule is CCOC(=O)[C@H]1[C@@H]2Cc3cc(OCc4cc5c(cc4F)C(C)(C)CC5c4ccccc4C)ncc3[C@@H]21.CCOC(=O)[C@H]1[C@@H]2Cc3cc(OCc4cc5c(cc4F)C(C)(C)CC5c4ccccc4C)ncc3[C@@H]21.CSF. The smallest absolute Gasteiger partial charge is 0.309 e. The molecule has 0 radical (unpaired) electrons. The van der Waals surface area contributed by atoms with Crippen LogP contribution in [0.2, 0.25) is 0 Å². The molecule has 12 rings (SSSR count). The molecule has 12 heteroatoms. The summed E-state index contributed by atoms with van der Waals surface area (Å²) >= 11 is 0.250. The number of hydrogen-bond donors (Lipinski definition) is 0. The number of esters is 2. The quantitative estimate of drug-likeness (QED) is 0.111. The largest absolute Gasteiger partial charge is 0.473 e. The van der Waals surface area contributed by atoms with Gasteiger partial charge in [0.15, 0.2) is 0 Å². The molecular weight excluding hydrogens is 970 g/mol. The normalized spacial score (nSPS) is 23.8. The molecule has 6 aliphatic carbocycles. The first-order chi connectivity index (χ1) is 36.0. The third-order valence-corrected chi connectivity index (χ3v) is 17.0. The lowest BCUT2D eigenvalue weighted by molar-refractivity contribution is -0.146. The van der Waals surface area contributed by atoms with E-state index in [2.05, 4.69) is 100 Å². The van der Waals surface area contributed by atoms with Crippen molar-refractivity contribution in [2.45, 2.75) is 129 Å². The second-order valence-electron chi connectivity index (χ2n) is 22.6. The van der Waals surface area contributed by atoms with E-state index in [9.17, 15) is 13.5 Å². The minimum Gasteiger partial charge on any atom is -0.473 e. The lowest BCUT2D eigenvalue weighted by atomic mass is 9.84. The first kappa shape index (κ1) is 52.3. The van der Waals surface area contributed by atoms with Crippen LogP contribution in [0.15, 0.2) is 97.3 Å². The summed E-state index contributed by atoms with van der Waals surface area (Å²) in [5.41, 5.74) is 15.2. The van der Waals surface area contributed by atoms with Gasteiger partial charge in [-0.1, -0.05) is 76.2 Å². The highest BCUT2D eigenvalue weighted by molar-refractivity contribution is 7.93. The molecule has 6 aromatic rings. The molecule has 2 unspecified atom stereocenters.